The summed E-state index contributed by atoms with van der Waals surface area (Å²) in [4.78, 5) is 0. The van der Waals surface area contributed by atoms with Gasteiger partial charge in [-0.1, -0.05) is 104 Å². The van der Waals surface area contributed by atoms with Crippen molar-refractivity contribution in [1.29, 1.82) is 0 Å². The summed E-state index contributed by atoms with van der Waals surface area (Å²) in [6, 6.07) is 0. The second kappa shape index (κ2) is 12.8. The van der Waals surface area contributed by atoms with Crippen molar-refractivity contribution in [3.05, 3.63) is 22.8 Å². The molecule has 1 rings (SSSR count). The number of hydrogen-bond acceptors (Lipinski definition) is 0. The zero-order chi connectivity index (χ0) is 18.5. The molecular weight excluding hydrogens is 300 g/mol. The van der Waals surface area contributed by atoms with Crippen LogP contribution in [0.25, 0.3) is 0 Å². The van der Waals surface area contributed by atoms with Gasteiger partial charge in [-0.15, -0.1) is 0 Å². The maximum atomic E-state index is 2.68. The summed E-state index contributed by atoms with van der Waals surface area (Å²) in [5, 5.41) is 0. The summed E-state index contributed by atoms with van der Waals surface area (Å²) in [6.07, 6.45) is 23.2. The molecule has 0 amide bonds. The Balaban J connectivity index is 2.71. The van der Waals surface area contributed by atoms with Crippen LogP contribution >= 0.6 is 0 Å². The van der Waals surface area contributed by atoms with Crippen LogP contribution in [0, 0.1) is 5.41 Å². The van der Waals surface area contributed by atoms with Crippen molar-refractivity contribution in [2.45, 2.75) is 131 Å². The number of allylic oxidation sites excluding steroid dienone is 4. The van der Waals surface area contributed by atoms with E-state index in [1.165, 1.54) is 96.3 Å². The molecule has 0 spiro atoms. The summed E-state index contributed by atoms with van der Waals surface area (Å²) in [7, 11) is 0. The van der Waals surface area contributed by atoms with Crippen molar-refractivity contribution in [2.75, 3.05) is 0 Å². The Hall–Kier alpha value is -0.520. The Labute approximate surface area is 159 Å². The van der Waals surface area contributed by atoms with Crippen molar-refractivity contribution in [3.63, 3.8) is 0 Å². The van der Waals surface area contributed by atoms with Gasteiger partial charge in [-0.25, -0.2) is 0 Å². The molecule has 0 aromatic carbocycles. The lowest BCUT2D eigenvalue weighted by atomic mass is 9.79. The first-order valence-electron chi connectivity index (χ1n) is 11.6. The van der Waals surface area contributed by atoms with Gasteiger partial charge >= 0.3 is 0 Å². The molecule has 1 unspecified atom stereocenters. The van der Waals surface area contributed by atoms with E-state index in [-0.39, 0.29) is 0 Å². The van der Waals surface area contributed by atoms with Crippen LogP contribution in [-0.2, 0) is 0 Å². The minimum absolute atomic E-state index is 0.355. The Morgan fingerprint density at radius 1 is 0.640 bits per heavy atom. The molecule has 1 aliphatic carbocycles. The molecule has 0 nitrogen and oxygen atoms in total. The highest BCUT2D eigenvalue weighted by Crippen LogP contribution is 2.48. The molecule has 0 fully saturated rings. The van der Waals surface area contributed by atoms with E-state index in [1.54, 1.807) is 16.7 Å². The highest BCUT2D eigenvalue weighted by Gasteiger charge is 2.33. The fraction of sp³-hybridized carbons (Fsp3) is 0.840. The maximum Gasteiger partial charge on any atom is 0.00716 e. The average molecular weight is 347 g/mol. The zero-order valence-corrected chi connectivity index (χ0v) is 18.2. The lowest BCUT2D eigenvalue weighted by Crippen LogP contribution is -2.13. The molecule has 0 radical (unpaired) electrons. The summed E-state index contributed by atoms with van der Waals surface area (Å²) in [6.45, 7) is 11.9. The first kappa shape index (κ1) is 22.5. The van der Waals surface area contributed by atoms with E-state index in [9.17, 15) is 0 Å². The average Bonchev–Trinajstić information content (AvgIpc) is 2.88. The van der Waals surface area contributed by atoms with Crippen molar-refractivity contribution in [2.24, 2.45) is 5.41 Å². The number of unbranched alkanes of at least 4 members (excludes halogenated alkanes) is 8. The molecule has 146 valence electrons. The molecule has 0 aromatic heterocycles. The molecule has 1 aliphatic rings. The van der Waals surface area contributed by atoms with E-state index < -0.39 is 0 Å². The normalized spacial score (nSPS) is 20.4. The van der Waals surface area contributed by atoms with Gasteiger partial charge in [-0.05, 0) is 49.7 Å². The predicted octanol–water partition coefficient (Wildman–Crippen LogP) is 9.16. The Morgan fingerprint density at radius 2 is 1.20 bits per heavy atom. The first-order valence-corrected chi connectivity index (χ1v) is 11.6. The van der Waals surface area contributed by atoms with Gasteiger partial charge in [-0.3, -0.25) is 0 Å². The van der Waals surface area contributed by atoms with Crippen molar-refractivity contribution in [1.82, 2.24) is 0 Å². The van der Waals surface area contributed by atoms with Crippen LogP contribution in [0.4, 0.5) is 0 Å². The van der Waals surface area contributed by atoms with Gasteiger partial charge in [0.2, 0.25) is 0 Å². The van der Waals surface area contributed by atoms with Gasteiger partial charge in [-0.2, -0.15) is 0 Å². The lowest BCUT2D eigenvalue weighted by molar-refractivity contribution is 0.477. The molecule has 0 heterocycles. The molecule has 0 bridgehead atoms. The topological polar surface area (TPSA) is 0 Å². The fourth-order valence-electron chi connectivity index (χ4n) is 4.46. The van der Waals surface area contributed by atoms with Gasteiger partial charge in [0.25, 0.3) is 0 Å². The molecule has 25 heavy (non-hydrogen) atoms. The monoisotopic (exact) mass is 346 g/mol. The molecule has 0 aliphatic heterocycles. The van der Waals surface area contributed by atoms with E-state index in [0.717, 1.165) is 0 Å². The largest absolute Gasteiger partial charge is 0.0710 e. The summed E-state index contributed by atoms with van der Waals surface area (Å²) in [5.41, 5.74) is 5.68. The van der Waals surface area contributed by atoms with Crippen LogP contribution in [0.2, 0.25) is 0 Å². The van der Waals surface area contributed by atoms with E-state index in [0.29, 0.717) is 5.41 Å². The molecule has 1 atom stereocenters. The van der Waals surface area contributed by atoms with Gasteiger partial charge in [0, 0.05) is 5.41 Å². The maximum absolute atomic E-state index is 2.68. The number of rotatable bonds is 15. The van der Waals surface area contributed by atoms with Crippen molar-refractivity contribution >= 4 is 0 Å². The lowest BCUT2D eigenvalue weighted by Gasteiger charge is -2.26. The van der Waals surface area contributed by atoms with Crippen LogP contribution < -0.4 is 0 Å². The first-order chi connectivity index (χ1) is 12.1. The third-order valence-electron chi connectivity index (χ3n) is 6.25. The Morgan fingerprint density at radius 3 is 1.80 bits per heavy atom. The molecule has 0 aromatic rings. The zero-order valence-electron chi connectivity index (χ0n) is 18.2. The second-order valence-electron chi connectivity index (χ2n) is 8.48. The van der Waals surface area contributed by atoms with Crippen molar-refractivity contribution in [3.8, 4) is 0 Å². The third-order valence-corrected chi connectivity index (χ3v) is 6.25. The minimum Gasteiger partial charge on any atom is -0.0710 e. The van der Waals surface area contributed by atoms with E-state index in [4.69, 9.17) is 0 Å². The molecule has 0 N–H and O–H groups in total. The second-order valence-corrected chi connectivity index (χ2v) is 8.48. The highest BCUT2D eigenvalue weighted by atomic mass is 14.4. The molecular formula is C25H46. The van der Waals surface area contributed by atoms with Gasteiger partial charge in [0.05, 0.1) is 0 Å². The molecule has 0 heteroatoms. The SMILES string of the molecule is CCCCCCCCC1=CC(C)(CC)C(CCC)=C1CCCCCC. The summed E-state index contributed by atoms with van der Waals surface area (Å²) < 4.78 is 0. The smallest absolute Gasteiger partial charge is 0.00716 e. The Kier molecular flexibility index (Phi) is 11.5. The third kappa shape index (κ3) is 7.32. The highest BCUT2D eigenvalue weighted by molar-refractivity contribution is 5.48. The fourth-order valence-corrected chi connectivity index (χ4v) is 4.46. The number of hydrogen-bond donors (Lipinski definition) is 0. The van der Waals surface area contributed by atoms with E-state index in [2.05, 4.69) is 40.7 Å². The minimum atomic E-state index is 0.355. The predicted molar refractivity (Wildman–Crippen MR) is 115 cm³/mol. The Bertz CT molecular complexity index is 412. The van der Waals surface area contributed by atoms with Gasteiger partial charge in [0.1, 0.15) is 0 Å². The van der Waals surface area contributed by atoms with E-state index >= 15 is 0 Å². The van der Waals surface area contributed by atoms with Crippen LogP contribution in [0.15, 0.2) is 22.8 Å². The van der Waals surface area contributed by atoms with Crippen LogP contribution in [0.3, 0.4) is 0 Å². The standard InChI is InChI=1S/C25H46/c1-6-10-12-14-15-16-19-22-21-25(5,9-4)24(18-8-3)23(22)20-17-13-11-7-2/h21H,6-20H2,1-5H3. The van der Waals surface area contributed by atoms with Gasteiger partial charge in [0.15, 0.2) is 0 Å². The summed E-state index contributed by atoms with van der Waals surface area (Å²) >= 11 is 0. The quantitative estimate of drug-likeness (QED) is 0.259. The van der Waals surface area contributed by atoms with Crippen LogP contribution in [-0.4, -0.2) is 0 Å². The molecule has 0 saturated heterocycles. The summed E-state index contributed by atoms with van der Waals surface area (Å²) in [5.74, 6) is 0. The van der Waals surface area contributed by atoms with Crippen LogP contribution in [0.1, 0.15) is 131 Å². The van der Waals surface area contributed by atoms with Crippen LogP contribution in [0.5, 0.6) is 0 Å². The van der Waals surface area contributed by atoms with Crippen molar-refractivity contribution < 1.29 is 0 Å². The van der Waals surface area contributed by atoms with Gasteiger partial charge < -0.3 is 0 Å². The molecule has 0 saturated carbocycles. The van der Waals surface area contributed by atoms with E-state index in [1.807, 2.05) is 0 Å².